The lowest BCUT2D eigenvalue weighted by atomic mass is 9.76. The van der Waals surface area contributed by atoms with Crippen LogP contribution < -0.4 is 0 Å². The zero-order chi connectivity index (χ0) is 27.9. The van der Waals surface area contributed by atoms with E-state index in [-0.39, 0.29) is 24.8 Å². The summed E-state index contributed by atoms with van der Waals surface area (Å²) in [7, 11) is 1.34. The van der Waals surface area contributed by atoms with Gasteiger partial charge in [-0.05, 0) is 28.8 Å². The zero-order valence-corrected chi connectivity index (χ0v) is 23.5. The van der Waals surface area contributed by atoms with Crippen LogP contribution in [0.2, 0.25) is 5.02 Å². The molecule has 3 aromatic rings. The number of hydrogen-bond acceptors (Lipinski definition) is 7. The molecule has 3 heterocycles. The fourth-order valence-corrected chi connectivity index (χ4v) is 7.56. The number of thioether (sulfide) groups is 1. The number of hydrogen-bond donors (Lipinski definition) is 0. The number of rotatable bonds is 7. The second kappa shape index (κ2) is 10.7. The van der Waals surface area contributed by atoms with Crippen LogP contribution >= 0.6 is 23.4 Å². The largest absolute Gasteiger partial charge is 0.467 e. The molecule has 0 radical (unpaired) electrons. The third-order valence-corrected chi connectivity index (χ3v) is 9.39. The molecule has 204 valence electrons. The average molecular weight is 574 g/mol. The standard InChI is InChI=1S/C31H28ClN3O4S/c1-39-29(38)31(16-20-8-4-2-5-9-20)26-25(27(36)34(28(26)37)18-21-10-6-3-7-11-21)24-17-33-30(35(24)31)40-19-22-12-14-23(32)15-13-22/h2-15,24-26H,16-19H2,1H3/t24-,25+,26-,31-/m1/s1. The number of nitrogens with zero attached hydrogens (tertiary/aromatic N) is 3. The van der Waals surface area contributed by atoms with Crippen molar-refractivity contribution in [2.24, 2.45) is 16.8 Å². The van der Waals surface area contributed by atoms with Gasteiger partial charge in [0.05, 0.1) is 38.1 Å². The summed E-state index contributed by atoms with van der Waals surface area (Å²) in [6.45, 7) is 0.496. The van der Waals surface area contributed by atoms with Gasteiger partial charge in [0, 0.05) is 17.2 Å². The number of benzene rings is 3. The highest BCUT2D eigenvalue weighted by Gasteiger charge is 2.73. The number of fused-ring (bicyclic) bond motifs is 3. The Labute approximate surface area is 242 Å². The summed E-state index contributed by atoms with van der Waals surface area (Å²) in [6.07, 6.45) is 0.219. The number of imide groups is 1. The van der Waals surface area contributed by atoms with Crippen LogP contribution in [-0.2, 0) is 37.8 Å². The molecule has 3 aliphatic rings. The molecule has 2 saturated heterocycles. The van der Waals surface area contributed by atoms with Crippen molar-refractivity contribution in [3.8, 4) is 0 Å². The van der Waals surface area contributed by atoms with Gasteiger partial charge in [-0.1, -0.05) is 96.2 Å². The minimum absolute atomic E-state index is 0.167. The van der Waals surface area contributed by atoms with Crippen molar-refractivity contribution in [3.63, 3.8) is 0 Å². The van der Waals surface area contributed by atoms with Gasteiger partial charge in [-0.3, -0.25) is 19.5 Å². The van der Waals surface area contributed by atoms with Gasteiger partial charge in [-0.2, -0.15) is 0 Å². The van der Waals surface area contributed by atoms with Crippen LogP contribution in [0.25, 0.3) is 0 Å². The molecule has 7 nitrogen and oxygen atoms in total. The predicted molar refractivity (Wildman–Crippen MR) is 155 cm³/mol. The molecular weight excluding hydrogens is 546 g/mol. The fraction of sp³-hybridized carbons (Fsp3) is 0.290. The van der Waals surface area contributed by atoms with Gasteiger partial charge in [0.1, 0.15) is 0 Å². The van der Waals surface area contributed by atoms with E-state index in [0.717, 1.165) is 16.7 Å². The molecule has 2 fully saturated rings. The molecule has 0 spiro atoms. The molecule has 4 atom stereocenters. The Morgan fingerprint density at radius 1 is 0.950 bits per heavy atom. The Balaban J connectivity index is 1.40. The van der Waals surface area contributed by atoms with Crippen LogP contribution in [0.15, 0.2) is 89.9 Å². The smallest absolute Gasteiger partial charge is 0.333 e. The lowest BCUT2D eigenvalue weighted by Crippen LogP contribution is -2.61. The molecule has 6 rings (SSSR count). The van der Waals surface area contributed by atoms with Crippen LogP contribution in [0, 0.1) is 11.8 Å². The SMILES string of the molecule is COC(=O)[C@@]1(Cc2ccccc2)[C@H]2C(=O)N(Cc3ccccc3)C(=O)[C@H]2[C@H]2CN=C(SCc3ccc(Cl)cc3)N21. The van der Waals surface area contributed by atoms with Crippen LogP contribution in [0.3, 0.4) is 0 Å². The number of ether oxygens (including phenoxy) is 1. The maximum Gasteiger partial charge on any atom is 0.333 e. The van der Waals surface area contributed by atoms with E-state index < -0.39 is 29.4 Å². The minimum Gasteiger partial charge on any atom is -0.467 e. The lowest BCUT2D eigenvalue weighted by Gasteiger charge is -2.40. The van der Waals surface area contributed by atoms with Crippen LogP contribution in [-0.4, -0.2) is 58.0 Å². The van der Waals surface area contributed by atoms with E-state index >= 15 is 0 Å². The Hall–Kier alpha value is -3.62. The van der Waals surface area contributed by atoms with Crippen molar-refractivity contribution in [1.29, 1.82) is 0 Å². The highest BCUT2D eigenvalue weighted by atomic mass is 35.5. The summed E-state index contributed by atoms with van der Waals surface area (Å²) in [5.41, 5.74) is 1.37. The maximum atomic E-state index is 14.2. The van der Waals surface area contributed by atoms with Crippen molar-refractivity contribution in [2.75, 3.05) is 13.7 Å². The summed E-state index contributed by atoms with van der Waals surface area (Å²) in [5, 5.41) is 1.30. The van der Waals surface area contributed by atoms with Gasteiger partial charge >= 0.3 is 5.97 Å². The molecule has 0 saturated carbocycles. The molecule has 0 bridgehead atoms. The van der Waals surface area contributed by atoms with E-state index in [4.69, 9.17) is 21.3 Å². The van der Waals surface area contributed by atoms with E-state index in [0.29, 0.717) is 22.5 Å². The Morgan fingerprint density at radius 2 is 1.60 bits per heavy atom. The van der Waals surface area contributed by atoms with Gasteiger partial charge in [0.25, 0.3) is 0 Å². The number of likely N-dealkylation sites (tertiary alicyclic amines) is 1. The normalized spacial score (nSPS) is 25.1. The molecule has 0 unspecified atom stereocenters. The number of aliphatic imine (C=N–C) groups is 1. The fourth-order valence-electron chi connectivity index (χ4n) is 6.34. The second-order valence-corrected chi connectivity index (χ2v) is 11.7. The van der Waals surface area contributed by atoms with Crippen molar-refractivity contribution < 1.29 is 19.1 Å². The molecule has 0 aliphatic carbocycles. The molecule has 9 heteroatoms. The number of carbonyl (C=O) groups excluding carboxylic acids is 3. The van der Waals surface area contributed by atoms with Gasteiger partial charge in [0.2, 0.25) is 11.8 Å². The van der Waals surface area contributed by atoms with Crippen molar-refractivity contribution >= 4 is 46.3 Å². The lowest BCUT2D eigenvalue weighted by molar-refractivity contribution is -0.158. The molecule has 2 amide bonds. The van der Waals surface area contributed by atoms with E-state index in [9.17, 15) is 14.4 Å². The summed E-state index contributed by atoms with van der Waals surface area (Å²) in [6, 6.07) is 26.2. The molecule has 40 heavy (non-hydrogen) atoms. The zero-order valence-electron chi connectivity index (χ0n) is 21.9. The van der Waals surface area contributed by atoms with Crippen LogP contribution in [0.1, 0.15) is 16.7 Å². The van der Waals surface area contributed by atoms with Crippen LogP contribution in [0.4, 0.5) is 0 Å². The van der Waals surface area contributed by atoms with E-state index in [1.165, 1.54) is 23.8 Å². The highest BCUT2D eigenvalue weighted by Crippen LogP contribution is 2.54. The third kappa shape index (κ3) is 4.39. The first-order valence-corrected chi connectivity index (χ1v) is 14.5. The summed E-state index contributed by atoms with van der Waals surface area (Å²) >= 11 is 7.56. The van der Waals surface area contributed by atoms with E-state index in [1.807, 2.05) is 89.8 Å². The number of esters is 1. The molecule has 0 aromatic heterocycles. The minimum atomic E-state index is -1.41. The molecule has 0 N–H and O–H groups in total. The third-order valence-electron chi connectivity index (χ3n) is 8.07. The highest BCUT2D eigenvalue weighted by molar-refractivity contribution is 8.13. The molecule has 3 aromatic carbocycles. The van der Waals surface area contributed by atoms with Gasteiger partial charge < -0.3 is 9.64 Å². The predicted octanol–water partition coefficient (Wildman–Crippen LogP) is 4.58. The first kappa shape index (κ1) is 26.6. The van der Waals surface area contributed by atoms with Crippen molar-refractivity contribution in [2.45, 2.75) is 30.3 Å². The number of carbonyl (C=O) groups is 3. The monoisotopic (exact) mass is 573 g/mol. The van der Waals surface area contributed by atoms with Gasteiger partial charge in [-0.15, -0.1) is 0 Å². The maximum absolute atomic E-state index is 14.2. The van der Waals surface area contributed by atoms with Crippen molar-refractivity contribution in [3.05, 3.63) is 107 Å². The topological polar surface area (TPSA) is 79.3 Å². The van der Waals surface area contributed by atoms with E-state index in [1.54, 1.807) is 0 Å². The average Bonchev–Trinajstić information content (AvgIpc) is 3.60. The molecule has 3 aliphatic heterocycles. The van der Waals surface area contributed by atoms with Gasteiger partial charge in [0.15, 0.2) is 10.7 Å². The molecular formula is C31H28ClN3O4S. The Morgan fingerprint density at radius 3 is 2.25 bits per heavy atom. The van der Waals surface area contributed by atoms with E-state index in [2.05, 4.69) is 0 Å². The summed E-state index contributed by atoms with van der Waals surface area (Å²) in [5.74, 6) is -2.11. The van der Waals surface area contributed by atoms with Gasteiger partial charge in [-0.25, -0.2) is 4.79 Å². The number of halogens is 1. The first-order chi connectivity index (χ1) is 19.4. The number of amides is 2. The Bertz CT molecular complexity index is 1470. The second-order valence-electron chi connectivity index (χ2n) is 10.3. The Kier molecular flexibility index (Phi) is 7.15. The number of methoxy groups -OCH3 is 1. The summed E-state index contributed by atoms with van der Waals surface area (Å²) in [4.78, 5) is 50.2. The first-order valence-electron chi connectivity index (χ1n) is 13.2. The summed E-state index contributed by atoms with van der Waals surface area (Å²) < 4.78 is 5.45. The number of amidine groups is 1. The quantitative estimate of drug-likeness (QED) is 0.304. The van der Waals surface area contributed by atoms with Crippen molar-refractivity contribution in [1.82, 2.24) is 9.80 Å². The van der Waals surface area contributed by atoms with Crippen LogP contribution in [0.5, 0.6) is 0 Å².